The predicted octanol–water partition coefficient (Wildman–Crippen LogP) is 8.33. The number of halogens is 6. The number of carbonyl (C=O) groups is 1. The topological polar surface area (TPSA) is 46.5 Å². The molecule has 0 aliphatic rings. The molecule has 9 heteroatoms. The first-order chi connectivity index (χ1) is 16.3. The Morgan fingerprint density at radius 2 is 1.34 bits per heavy atom. The molecule has 35 heavy (non-hydrogen) atoms. The second kappa shape index (κ2) is 9.64. The number of carboxylic acids is 1. The molecule has 0 heterocycles. The fourth-order valence-electron chi connectivity index (χ4n) is 3.99. The van der Waals surface area contributed by atoms with Gasteiger partial charge in [0.05, 0.1) is 16.5 Å². The van der Waals surface area contributed by atoms with Crippen LogP contribution in [0.4, 0.5) is 26.3 Å². The van der Waals surface area contributed by atoms with Crippen molar-refractivity contribution in [3.63, 3.8) is 0 Å². The van der Waals surface area contributed by atoms with Crippen LogP contribution in [-0.2, 0) is 22.6 Å². The molecule has 0 radical (unpaired) electrons. The van der Waals surface area contributed by atoms with E-state index < -0.39 is 40.6 Å². The average Bonchev–Trinajstić information content (AvgIpc) is 2.78. The SMILES string of the molecule is CCCC(C)(C(=O)O)c1ccc(Oc2ccc(C(F)(F)F)c(C(F)(F)F)c2)cc1-c1ccccc1. The van der Waals surface area contributed by atoms with E-state index in [-0.39, 0.29) is 5.75 Å². The smallest absolute Gasteiger partial charge is 0.417 e. The van der Waals surface area contributed by atoms with Gasteiger partial charge in [0.1, 0.15) is 11.5 Å². The van der Waals surface area contributed by atoms with Crippen molar-refractivity contribution in [2.24, 2.45) is 0 Å². The zero-order chi connectivity index (χ0) is 26.0. The van der Waals surface area contributed by atoms with Crippen molar-refractivity contribution < 1.29 is 41.0 Å². The number of benzene rings is 3. The number of ether oxygens (including phenoxy) is 1. The van der Waals surface area contributed by atoms with Gasteiger partial charge in [-0.1, -0.05) is 49.7 Å². The minimum Gasteiger partial charge on any atom is -0.481 e. The summed E-state index contributed by atoms with van der Waals surface area (Å²) in [6, 6.07) is 14.6. The van der Waals surface area contributed by atoms with Gasteiger partial charge < -0.3 is 9.84 Å². The first-order valence-electron chi connectivity index (χ1n) is 10.7. The molecule has 0 aliphatic carbocycles. The van der Waals surface area contributed by atoms with Crippen LogP contribution in [-0.4, -0.2) is 11.1 Å². The van der Waals surface area contributed by atoms with Crippen LogP contribution in [0.15, 0.2) is 66.7 Å². The van der Waals surface area contributed by atoms with Crippen LogP contribution < -0.4 is 4.74 Å². The lowest BCUT2D eigenvalue weighted by atomic mass is 9.75. The standard InChI is InChI=1S/C26H22F6O3/c1-3-13-24(2,23(33)34)20-11-9-17(14-19(20)16-7-5-4-6-8-16)35-18-10-12-21(25(27,28)29)22(15-18)26(30,31)32/h4-12,14-15H,3,13H2,1-2H3,(H,33,34). The fraction of sp³-hybridized carbons (Fsp3) is 0.269. The lowest BCUT2D eigenvalue weighted by molar-refractivity contribution is -0.162. The lowest BCUT2D eigenvalue weighted by Gasteiger charge is -2.28. The van der Waals surface area contributed by atoms with Gasteiger partial charge in [-0.25, -0.2) is 0 Å². The first-order valence-corrected chi connectivity index (χ1v) is 10.7. The summed E-state index contributed by atoms with van der Waals surface area (Å²) >= 11 is 0. The molecule has 3 aromatic carbocycles. The van der Waals surface area contributed by atoms with Crippen LogP contribution in [0.1, 0.15) is 43.4 Å². The molecule has 0 bridgehead atoms. The summed E-state index contributed by atoms with van der Waals surface area (Å²) in [6.07, 6.45) is -9.52. The van der Waals surface area contributed by atoms with E-state index in [1.165, 1.54) is 18.2 Å². The number of aliphatic carboxylic acids is 1. The molecule has 1 N–H and O–H groups in total. The molecule has 0 aromatic heterocycles. The molecule has 0 spiro atoms. The molecule has 0 saturated carbocycles. The summed E-state index contributed by atoms with van der Waals surface area (Å²) in [7, 11) is 0. The van der Waals surface area contributed by atoms with Crippen molar-refractivity contribution in [2.75, 3.05) is 0 Å². The first kappa shape index (κ1) is 26.1. The Hall–Kier alpha value is -3.49. The Kier molecular flexibility index (Phi) is 7.19. The van der Waals surface area contributed by atoms with Crippen molar-refractivity contribution in [3.05, 3.63) is 83.4 Å². The molecule has 0 fully saturated rings. The van der Waals surface area contributed by atoms with Crippen molar-refractivity contribution in [1.29, 1.82) is 0 Å². The third-order valence-corrected chi connectivity index (χ3v) is 5.73. The summed E-state index contributed by atoms with van der Waals surface area (Å²) in [6.45, 7) is 3.44. The number of hydrogen-bond donors (Lipinski definition) is 1. The van der Waals surface area contributed by atoms with Crippen LogP contribution in [0.5, 0.6) is 11.5 Å². The van der Waals surface area contributed by atoms with Gasteiger partial charge in [0.25, 0.3) is 0 Å². The summed E-state index contributed by atoms with van der Waals surface area (Å²) in [4.78, 5) is 12.2. The van der Waals surface area contributed by atoms with Gasteiger partial charge in [-0.3, -0.25) is 4.79 Å². The van der Waals surface area contributed by atoms with Crippen molar-refractivity contribution in [2.45, 2.75) is 44.5 Å². The van der Waals surface area contributed by atoms with Crippen molar-refractivity contribution in [3.8, 4) is 22.6 Å². The monoisotopic (exact) mass is 496 g/mol. The molecular weight excluding hydrogens is 474 g/mol. The molecule has 1 unspecified atom stereocenters. The highest BCUT2D eigenvalue weighted by Crippen LogP contribution is 2.43. The minimum atomic E-state index is -5.24. The van der Waals surface area contributed by atoms with Crippen LogP contribution in [0, 0.1) is 0 Å². The van der Waals surface area contributed by atoms with E-state index in [9.17, 15) is 36.2 Å². The second-order valence-electron chi connectivity index (χ2n) is 8.27. The maximum atomic E-state index is 13.3. The van der Waals surface area contributed by atoms with E-state index in [4.69, 9.17) is 4.74 Å². The highest BCUT2D eigenvalue weighted by Gasteiger charge is 2.43. The highest BCUT2D eigenvalue weighted by molar-refractivity contribution is 5.85. The van der Waals surface area contributed by atoms with Gasteiger partial charge in [-0.05, 0) is 60.4 Å². The van der Waals surface area contributed by atoms with E-state index in [1.54, 1.807) is 37.3 Å². The molecule has 3 rings (SSSR count). The van der Waals surface area contributed by atoms with E-state index in [0.717, 1.165) is 6.07 Å². The summed E-state index contributed by atoms with van der Waals surface area (Å²) in [5, 5.41) is 9.96. The number of alkyl halides is 6. The summed E-state index contributed by atoms with van der Waals surface area (Å²) in [5.41, 5.74) is -3.30. The van der Waals surface area contributed by atoms with E-state index in [1.807, 2.05) is 6.92 Å². The van der Waals surface area contributed by atoms with Crippen molar-refractivity contribution in [1.82, 2.24) is 0 Å². The molecule has 186 valence electrons. The quantitative estimate of drug-likeness (QED) is 0.335. The maximum absolute atomic E-state index is 13.3. The predicted molar refractivity (Wildman–Crippen MR) is 118 cm³/mol. The third-order valence-electron chi connectivity index (χ3n) is 5.73. The lowest BCUT2D eigenvalue weighted by Crippen LogP contribution is -2.32. The minimum absolute atomic E-state index is 0.0460. The summed E-state index contributed by atoms with van der Waals surface area (Å²) < 4.78 is 84.6. The molecule has 0 aliphatic heterocycles. The Labute approximate surface area is 198 Å². The second-order valence-corrected chi connectivity index (χ2v) is 8.27. The van der Waals surface area contributed by atoms with Gasteiger partial charge in [0, 0.05) is 0 Å². The molecular formula is C26H22F6O3. The molecule has 3 aromatic rings. The average molecular weight is 496 g/mol. The van der Waals surface area contributed by atoms with Gasteiger partial charge in [-0.15, -0.1) is 0 Å². The van der Waals surface area contributed by atoms with Gasteiger partial charge in [0.15, 0.2) is 0 Å². The number of carboxylic acid groups (broad SMARTS) is 1. The maximum Gasteiger partial charge on any atom is 0.417 e. The Morgan fingerprint density at radius 3 is 1.86 bits per heavy atom. The van der Waals surface area contributed by atoms with Gasteiger partial charge in [-0.2, -0.15) is 26.3 Å². The Balaban J connectivity index is 2.12. The zero-order valence-corrected chi connectivity index (χ0v) is 18.8. The van der Waals surface area contributed by atoms with Crippen molar-refractivity contribution >= 4 is 5.97 Å². The molecule has 1 atom stereocenters. The zero-order valence-electron chi connectivity index (χ0n) is 18.8. The largest absolute Gasteiger partial charge is 0.481 e. The molecule has 3 nitrogen and oxygen atoms in total. The molecule has 0 saturated heterocycles. The van der Waals surface area contributed by atoms with Gasteiger partial charge >= 0.3 is 18.3 Å². The fourth-order valence-corrected chi connectivity index (χ4v) is 3.99. The van der Waals surface area contributed by atoms with Crippen LogP contribution in [0.2, 0.25) is 0 Å². The summed E-state index contributed by atoms with van der Waals surface area (Å²) in [5.74, 6) is -1.43. The van der Waals surface area contributed by atoms with Crippen LogP contribution in [0.25, 0.3) is 11.1 Å². The van der Waals surface area contributed by atoms with Gasteiger partial charge in [0.2, 0.25) is 0 Å². The van der Waals surface area contributed by atoms with E-state index in [2.05, 4.69) is 0 Å². The number of hydrogen-bond acceptors (Lipinski definition) is 2. The Morgan fingerprint density at radius 1 is 0.800 bits per heavy atom. The van der Waals surface area contributed by atoms with Crippen LogP contribution >= 0.6 is 0 Å². The van der Waals surface area contributed by atoms with Crippen LogP contribution in [0.3, 0.4) is 0 Å². The molecule has 0 amide bonds. The Bertz CT molecular complexity index is 1200. The highest BCUT2D eigenvalue weighted by atomic mass is 19.4. The number of rotatable bonds is 7. The van der Waals surface area contributed by atoms with E-state index >= 15 is 0 Å². The van der Waals surface area contributed by atoms with E-state index in [0.29, 0.717) is 41.7 Å². The normalized spacial score (nSPS) is 13.8. The third kappa shape index (κ3) is 5.61.